The molecule has 0 radical (unpaired) electrons. The van der Waals surface area contributed by atoms with E-state index in [1.807, 2.05) is 93.8 Å². The Morgan fingerprint density at radius 3 is 1.32 bits per heavy atom. The minimum absolute atomic E-state index is 0.285. The van der Waals surface area contributed by atoms with Gasteiger partial charge in [0.05, 0.1) is 36.0 Å². The van der Waals surface area contributed by atoms with Gasteiger partial charge in [0.15, 0.2) is 0 Å². The lowest BCUT2D eigenvalue weighted by atomic mass is 10.2. The summed E-state index contributed by atoms with van der Waals surface area (Å²) in [6.07, 6.45) is 11.3. The molecular weight excluding hydrogens is 548 g/mol. The van der Waals surface area contributed by atoms with Gasteiger partial charge in [-0.2, -0.15) is 8.61 Å². The summed E-state index contributed by atoms with van der Waals surface area (Å²) in [7, 11) is -7.36. The molecule has 212 valence electrons. The van der Waals surface area contributed by atoms with Gasteiger partial charge >= 0.3 is 0 Å². The lowest BCUT2D eigenvalue weighted by Crippen LogP contribution is -2.46. The molecule has 4 bridgehead atoms. The predicted molar refractivity (Wildman–Crippen MR) is 149 cm³/mol. The molecule has 0 atom stereocenters. The highest BCUT2D eigenvalue weighted by Crippen LogP contribution is 2.18. The van der Waals surface area contributed by atoms with Crippen LogP contribution in [0.3, 0.4) is 0 Å². The van der Waals surface area contributed by atoms with Gasteiger partial charge in [0.2, 0.25) is 32.7 Å². The van der Waals surface area contributed by atoms with Crippen LogP contribution in [0.1, 0.15) is 11.1 Å². The van der Waals surface area contributed by atoms with E-state index in [1.54, 1.807) is 24.3 Å². The molecule has 0 fully saturated rings. The molecule has 1 aliphatic heterocycles. The van der Waals surface area contributed by atoms with Crippen molar-refractivity contribution in [3.8, 4) is 0 Å². The third-order valence-corrected chi connectivity index (χ3v) is 11.1. The highest BCUT2D eigenvalue weighted by Gasteiger charge is 2.28. The molecule has 0 spiro atoms. The Balaban J connectivity index is 1.41. The van der Waals surface area contributed by atoms with Gasteiger partial charge in [-0.15, -0.1) is 0 Å². The molecule has 2 aromatic carbocycles. The van der Waals surface area contributed by atoms with Crippen LogP contribution in [0.5, 0.6) is 0 Å². The summed E-state index contributed by atoms with van der Waals surface area (Å²) in [5.74, 6) is 0. The van der Waals surface area contributed by atoms with Crippen molar-refractivity contribution in [3.63, 3.8) is 0 Å². The summed E-state index contributed by atoms with van der Waals surface area (Å²) in [6.45, 7) is 6.96. The summed E-state index contributed by atoms with van der Waals surface area (Å²) in [5.41, 5.74) is 2.01. The highest BCUT2D eigenvalue weighted by molar-refractivity contribution is 7.89. The van der Waals surface area contributed by atoms with Crippen molar-refractivity contribution < 1.29 is 26.0 Å². The second-order valence-electron chi connectivity index (χ2n) is 10.2. The molecular formula is C28H36N6O4S2+2. The van der Waals surface area contributed by atoms with Gasteiger partial charge in [0, 0.05) is 0 Å². The van der Waals surface area contributed by atoms with Crippen molar-refractivity contribution in [1.29, 1.82) is 0 Å². The van der Waals surface area contributed by atoms with Crippen molar-refractivity contribution in [1.82, 2.24) is 17.7 Å². The molecule has 10 nitrogen and oxygen atoms in total. The van der Waals surface area contributed by atoms with Gasteiger partial charge in [0.25, 0.3) is 0 Å². The molecule has 2 aromatic heterocycles. The molecule has 5 rings (SSSR count). The van der Waals surface area contributed by atoms with Crippen molar-refractivity contribution in [2.75, 3.05) is 26.2 Å². The van der Waals surface area contributed by atoms with Crippen LogP contribution < -0.4 is 9.13 Å². The van der Waals surface area contributed by atoms with Crippen molar-refractivity contribution >= 4 is 20.0 Å². The number of benzene rings is 2. The number of rotatable bonds is 4. The summed E-state index contributed by atoms with van der Waals surface area (Å²) in [5, 5.41) is 0. The second-order valence-corrected chi connectivity index (χ2v) is 14.1. The number of nitrogens with zero attached hydrogens (tertiary/aromatic N) is 6. The Hall–Kier alpha value is -3.32. The smallest absolute Gasteiger partial charge is 0.235 e. The Labute approximate surface area is 236 Å². The van der Waals surface area contributed by atoms with E-state index in [0.717, 1.165) is 11.1 Å². The van der Waals surface area contributed by atoms with E-state index in [1.165, 1.54) is 8.61 Å². The minimum atomic E-state index is -3.68. The average molecular weight is 585 g/mol. The maximum absolute atomic E-state index is 13.6. The zero-order valence-electron chi connectivity index (χ0n) is 22.9. The van der Waals surface area contributed by atoms with Gasteiger partial charge in [-0.3, -0.25) is 0 Å². The zero-order chi connectivity index (χ0) is 28.3. The van der Waals surface area contributed by atoms with Crippen molar-refractivity contribution in [3.05, 3.63) is 97.1 Å². The van der Waals surface area contributed by atoms with Crippen LogP contribution in [-0.2, 0) is 46.2 Å². The number of fused-ring (bicyclic) bond motifs is 4. The van der Waals surface area contributed by atoms with Gasteiger partial charge in [-0.1, -0.05) is 35.4 Å². The maximum Gasteiger partial charge on any atom is 0.243 e. The first kappa shape index (κ1) is 28.2. The summed E-state index contributed by atoms with van der Waals surface area (Å²) in [4.78, 5) is 0.569. The van der Waals surface area contributed by atoms with Gasteiger partial charge in [-0.25, -0.2) is 35.1 Å². The normalized spacial score (nSPS) is 16.6. The summed E-state index contributed by atoms with van der Waals surface area (Å²) in [6, 6.07) is 13.9. The van der Waals surface area contributed by atoms with Gasteiger partial charge in [0.1, 0.15) is 51.0 Å². The molecule has 0 aliphatic carbocycles. The summed E-state index contributed by atoms with van der Waals surface area (Å²) >= 11 is 0. The third-order valence-electron chi connectivity index (χ3n) is 7.24. The van der Waals surface area contributed by atoms with E-state index in [0.29, 0.717) is 52.4 Å². The Morgan fingerprint density at radius 2 is 0.925 bits per heavy atom. The number of sulfonamides is 2. The van der Waals surface area contributed by atoms with Crippen LogP contribution in [-0.4, -0.2) is 60.8 Å². The highest BCUT2D eigenvalue weighted by atomic mass is 32.2. The van der Waals surface area contributed by atoms with Crippen molar-refractivity contribution in [2.24, 2.45) is 0 Å². The lowest BCUT2D eigenvalue weighted by Gasteiger charge is -2.21. The minimum Gasteiger partial charge on any atom is -0.235 e. The van der Waals surface area contributed by atoms with Crippen LogP contribution in [0.4, 0.5) is 0 Å². The molecule has 12 heteroatoms. The molecule has 1 aliphatic rings. The molecule has 0 amide bonds. The first-order valence-electron chi connectivity index (χ1n) is 13.3. The molecule has 0 N–H and O–H groups in total. The van der Waals surface area contributed by atoms with Crippen LogP contribution in [0, 0.1) is 13.8 Å². The standard InChI is InChI=1S/C28H36N6O4S2/c1-25-3-7-27(8-4-25)39(35,36)33-19-15-29-11-13-31(23-29)17-21-34(22-18-32-14-12-30(24-32)16-20-33)40(37,38)28-9-5-26(2)6-10-28/h3-14,23-24H,15-22H2,1-2H3/q+2. The topological polar surface area (TPSA) is 92.4 Å². The predicted octanol–water partition coefficient (Wildman–Crippen LogP) is 1.58. The fraction of sp³-hybridized carbons (Fsp3) is 0.357. The van der Waals surface area contributed by atoms with Crippen LogP contribution in [0.25, 0.3) is 0 Å². The van der Waals surface area contributed by atoms with E-state index >= 15 is 0 Å². The number of imidazole rings is 2. The number of aromatic nitrogens is 4. The first-order valence-corrected chi connectivity index (χ1v) is 16.2. The monoisotopic (exact) mass is 584 g/mol. The van der Waals surface area contributed by atoms with Crippen LogP contribution in [0.15, 0.2) is 95.8 Å². The Bertz CT molecular complexity index is 1490. The quantitative estimate of drug-likeness (QED) is 0.341. The van der Waals surface area contributed by atoms with Crippen molar-refractivity contribution in [2.45, 2.75) is 49.8 Å². The molecule has 0 saturated carbocycles. The first-order chi connectivity index (χ1) is 19.1. The zero-order valence-corrected chi connectivity index (χ0v) is 24.5. The van der Waals surface area contributed by atoms with Gasteiger partial charge in [-0.05, 0) is 38.1 Å². The average Bonchev–Trinajstić information content (AvgIpc) is 3.58. The maximum atomic E-state index is 13.6. The number of hydrogen-bond donors (Lipinski definition) is 0. The molecule has 0 saturated heterocycles. The second kappa shape index (κ2) is 11.7. The van der Waals surface area contributed by atoms with Gasteiger partial charge < -0.3 is 0 Å². The third kappa shape index (κ3) is 6.35. The fourth-order valence-electron chi connectivity index (χ4n) is 4.74. The van der Waals surface area contributed by atoms with E-state index in [4.69, 9.17) is 0 Å². The summed E-state index contributed by atoms with van der Waals surface area (Å²) < 4.78 is 65.1. The molecule has 4 aromatic rings. The van der Waals surface area contributed by atoms with E-state index in [9.17, 15) is 16.8 Å². The van der Waals surface area contributed by atoms with Crippen LogP contribution in [0.2, 0.25) is 0 Å². The Morgan fingerprint density at radius 1 is 0.550 bits per heavy atom. The number of aryl methyl sites for hydroxylation is 2. The largest absolute Gasteiger partial charge is 0.243 e. The van der Waals surface area contributed by atoms with E-state index < -0.39 is 20.0 Å². The Kier molecular flexibility index (Phi) is 8.22. The lowest BCUT2D eigenvalue weighted by molar-refractivity contribution is -0.700. The number of hydrogen-bond acceptors (Lipinski definition) is 4. The molecule has 3 heterocycles. The van der Waals surface area contributed by atoms with Crippen LogP contribution >= 0.6 is 0 Å². The van der Waals surface area contributed by atoms with E-state index in [-0.39, 0.29) is 9.79 Å². The fourth-order valence-corrected chi connectivity index (χ4v) is 7.58. The SMILES string of the molecule is Cc1ccc(S(=O)(=O)N2CCn3cc[n+](c3)CCN(S(=O)(=O)c3ccc(C)cc3)CC[n+]3ccn(c3)CC2)cc1. The molecule has 40 heavy (non-hydrogen) atoms. The van der Waals surface area contributed by atoms with E-state index in [2.05, 4.69) is 0 Å². The molecule has 0 unspecified atom stereocenters.